The van der Waals surface area contributed by atoms with Gasteiger partial charge in [-0.1, -0.05) is 36.4 Å². The molecule has 8 heteroatoms. The fourth-order valence-electron chi connectivity index (χ4n) is 3.21. The molecule has 0 saturated heterocycles. The highest BCUT2D eigenvalue weighted by Gasteiger charge is 2.38. The second-order valence-electron chi connectivity index (χ2n) is 6.48. The highest BCUT2D eigenvalue weighted by molar-refractivity contribution is 7.89. The van der Waals surface area contributed by atoms with Crippen LogP contribution in [0.1, 0.15) is 23.1 Å². The van der Waals surface area contributed by atoms with Gasteiger partial charge in [0, 0.05) is 13.0 Å². The van der Waals surface area contributed by atoms with E-state index in [1.54, 1.807) is 12.1 Å². The summed E-state index contributed by atoms with van der Waals surface area (Å²) in [4.78, 5) is 22.6. The number of rotatable bonds is 6. The van der Waals surface area contributed by atoms with Crippen LogP contribution in [0, 0.1) is 0 Å². The van der Waals surface area contributed by atoms with E-state index >= 15 is 0 Å². The Labute approximate surface area is 157 Å². The van der Waals surface area contributed by atoms with Crippen molar-refractivity contribution < 1.29 is 23.1 Å². The van der Waals surface area contributed by atoms with Crippen LogP contribution in [-0.4, -0.2) is 35.7 Å². The fourth-order valence-corrected chi connectivity index (χ4v) is 4.78. The minimum absolute atomic E-state index is 0.0290. The maximum atomic E-state index is 13.1. The zero-order valence-corrected chi connectivity index (χ0v) is 15.4. The number of primary amides is 1. The lowest BCUT2D eigenvalue weighted by Crippen LogP contribution is -2.50. The minimum atomic E-state index is -3.93. The molecule has 0 fully saturated rings. The normalized spacial score (nSPS) is 17.3. The summed E-state index contributed by atoms with van der Waals surface area (Å²) < 4.78 is 27.4. The number of aliphatic carboxylic acids is 1. The zero-order chi connectivity index (χ0) is 19.6. The van der Waals surface area contributed by atoms with Crippen LogP contribution in [0.2, 0.25) is 0 Å². The van der Waals surface area contributed by atoms with Crippen LogP contribution in [0.5, 0.6) is 0 Å². The average molecular weight is 388 g/mol. The zero-order valence-electron chi connectivity index (χ0n) is 14.5. The molecule has 0 aromatic heterocycles. The van der Waals surface area contributed by atoms with Crippen molar-refractivity contribution in [3.05, 3.63) is 65.2 Å². The lowest BCUT2D eigenvalue weighted by molar-refractivity contribution is -0.137. The molecule has 0 radical (unpaired) electrons. The standard InChI is InChI=1S/C19H20N2O5S/c20-19(24)17-11-14-3-1-2-4-15(14)12-21(17)27(25,26)16-8-5-13(6-9-16)7-10-18(22)23/h1-6,8-9,17H,7,10-12H2,(H2,20,24)(H,22,23)/t17-/m0/s1. The van der Waals surface area contributed by atoms with Gasteiger partial charge in [0.2, 0.25) is 15.9 Å². The Bertz CT molecular complexity index is 970. The van der Waals surface area contributed by atoms with Gasteiger partial charge >= 0.3 is 5.97 Å². The number of carbonyl (C=O) groups excluding carboxylic acids is 1. The Balaban J connectivity index is 1.90. The monoisotopic (exact) mass is 388 g/mol. The van der Waals surface area contributed by atoms with Gasteiger partial charge in [-0.15, -0.1) is 0 Å². The summed E-state index contributed by atoms with van der Waals surface area (Å²) in [6, 6.07) is 12.5. The number of amides is 1. The third-order valence-electron chi connectivity index (χ3n) is 4.69. The molecule has 0 spiro atoms. The SMILES string of the molecule is NC(=O)[C@@H]1Cc2ccccc2CN1S(=O)(=O)c1ccc(CCC(=O)O)cc1. The number of benzene rings is 2. The van der Waals surface area contributed by atoms with E-state index in [1.807, 2.05) is 24.3 Å². The molecule has 7 nitrogen and oxygen atoms in total. The number of hydrogen-bond donors (Lipinski definition) is 2. The largest absolute Gasteiger partial charge is 0.481 e. The van der Waals surface area contributed by atoms with E-state index in [4.69, 9.17) is 10.8 Å². The number of fused-ring (bicyclic) bond motifs is 1. The molecule has 1 aliphatic heterocycles. The molecule has 0 unspecified atom stereocenters. The summed E-state index contributed by atoms with van der Waals surface area (Å²) in [6.07, 6.45) is 0.525. The molecule has 1 heterocycles. The van der Waals surface area contributed by atoms with E-state index in [1.165, 1.54) is 12.1 Å². The fraction of sp³-hybridized carbons (Fsp3) is 0.263. The van der Waals surface area contributed by atoms with Crippen molar-refractivity contribution in [2.45, 2.75) is 36.7 Å². The minimum Gasteiger partial charge on any atom is -0.481 e. The third-order valence-corrected chi connectivity index (χ3v) is 6.56. The summed E-state index contributed by atoms with van der Waals surface area (Å²) in [5.74, 6) is -1.60. The van der Waals surface area contributed by atoms with Gasteiger partial charge < -0.3 is 10.8 Å². The first-order valence-electron chi connectivity index (χ1n) is 8.47. The smallest absolute Gasteiger partial charge is 0.303 e. The van der Waals surface area contributed by atoms with Crippen LogP contribution in [0.15, 0.2) is 53.4 Å². The predicted molar refractivity (Wildman–Crippen MR) is 98.3 cm³/mol. The van der Waals surface area contributed by atoms with Crippen molar-refractivity contribution in [2.24, 2.45) is 5.73 Å². The third kappa shape index (κ3) is 4.01. The Morgan fingerprint density at radius 2 is 1.70 bits per heavy atom. The summed E-state index contributed by atoms with van der Waals surface area (Å²) in [6.45, 7) is 0.0763. The van der Waals surface area contributed by atoms with Crippen LogP contribution in [0.3, 0.4) is 0 Å². The Kier molecular flexibility index (Phi) is 5.29. The molecular formula is C19H20N2O5S. The van der Waals surface area contributed by atoms with E-state index in [9.17, 15) is 18.0 Å². The van der Waals surface area contributed by atoms with Crippen LogP contribution in [0.4, 0.5) is 0 Å². The quantitative estimate of drug-likeness (QED) is 0.773. The molecule has 0 bridgehead atoms. The van der Waals surface area contributed by atoms with Crippen molar-refractivity contribution in [1.29, 1.82) is 0 Å². The van der Waals surface area contributed by atoms with Gasteiger partial charge in [-0.25, -0.2) is 8.42 Å². The van der Waals surface area contributed by atoms with Crippen molar-refractivity contribution in [2.75, 3.05) is 0 Å². The van der Waals surface area contributed by atoms with Crippen LogP contribution in [0.25, 0.3) is 0 Å². The first-order chi connectivity index (χ1) is 12.8. The lowest BCUT2D eigenvalue weighted by Gasteiger charge is -2.34. The number of sulfonamides is 1. The van der Waals surface area contributed by atoms with E-state index in [-0.39, 0.29) is 24.3 Å². The number of carbonyl (C=O) groups is 2. The van der Waals surface area contributed by atoms with Gasteiger partial charge in [0.15, 0.2) is 0 Å². The number of carboxylic acids is 1. The number of carboxylic acid groups (broad SMARTS) is 1. The number of hydrogen-bond acceptors (Lipinski definition) is 4. The van der Waals surface area contributed by atoms with E-state index < -0.39 is 27.9 Å². The van der Waals surface area contributed by atoms with E-state index in [2.05, 4.69) is 0 Å². The van der Waals surface area contributed by atoms with Crippen molar-refractivity contribution in [1.82, 2.24) is 4.31 Å². The highest BCUT2D eigenvalue weighted by atomic mass is 32.2. The maximum absolute atomic E-state index is 13.1. The molecule has 3 N–H and O–H groups in total. The number of nitrogens with zero attached hydrogens (tertiary/aromatic N) is 1. The summed E-state index contributed by atoms with van der Waals surface area (Å²) in [5.41, 5.74) is 7.97. The summed E-state index contributed by atoms with van der Waals surface area (Å²) >= 11 is 0. The van der Waals surface area contributed by atoms with Gasteiger partial charge in [0.1, 0.15) is 6.04 Å². The molecule has 142 valence electrons. The topological polar surface area (TPSA) is 118 Å². The molecule has 1 aliphatic rings. The Morgan fingerprint density at radius 3 is 2.30 bits per heavy atom. The molecule has 3 rings (SSSR count). The molecule has 1 atom stereocenters. The first-order valence-corrected chi connectivity index (χ1v) is 9.91. The average Bonchev–Trinajstić information content (AvgIpc) is 2.65. The van der Waals surface area contributed by atoms with Crippen molar-refractivity contribution >= 4 is 21.9 Å². The van der Waals surface area contributed by atoms with Gasteiger partial charge in [-0.3, -0.25) is 9.59 Å². The summed E-state index contributed by atoms with van der Waals surface area (Å²) in [7, 11) is -3.93. The summed E-state index contributed by atoms with van der Waals surface area (Å²) in [5, 5.41) is 8.74. The molecule has 2 aromatic carbocycles. The van der Waals surface area contributed by atoms with Crippen molar-refractivity contribution in [3.8, 4) is 0 Å². The first kappa shape index (κ1) is 19.1. The van der Waals surface area contributed by atoms with Crippen LogP contribution in [-0.2, 0) is 39.0 Å². The van der Waals surface area contributed by atoms with Gasteiger partial charge in [0.05, 0.1) is 4.90 Å². The van der Waals surface area contributed by atoms with Crippen LogP contribution >= 0.6 is 0 Å². The lowest BCUT2D eigenvalue weighted by atomic mass is 9.96. The number of aryl methyl sites for hydroxylation is 1. The maximum Gasteiger partial charge on any atom is 0.303 e. The van der Waals surface area contributed by atoms with Gasteiger partial charge in [-0.05, 0) is 41.7 Å². The molecular weight excluding hydrogens is 368 g/mol. The molecule has 27 heavy (non-hydrogen) atoms. The van der Waals surface area contributed by atoms with Crippen molar-refractivity contribution in [3.63, 3.8) is 0 Å². The molecule has 0 saturated carbocycles. The van der Waals surface area contributed by atoms with Gasteiger partial charge in [0.25, 0.3) is 0 Å². The van der Waals surface area contributed by atoms with E-state index in [0.717, 1.165) is 21.0 Å². The Hall–Kier alpha value is -2.71. The van der Waals surface area contributed by atoms with E-state index in [0.29, 0.717) is 6.42 Å². The highest BCUT2D eigenvalue weighted by Crippen LogP contribution is 2.29. The molecule has 2 aromatic rings. The van der Waals surface area contributed by atoms with Crippen LogP contribution < -0.4 is 5.73 Å². The van der Waals surface area contributed by atoms with Gasteiger partial charge in [-0.2, -0.15) is 4.31 Å². The second kappa shape index (κ2) is 7.50. The molecule has 0 aliphatic carbocycles. The Morgan fingerprint density at radius 1 is 1.07 bits per heavy atom. The predicted octanol–water partition coefficient (Wildman–Crippen LogP) is 1.30. The second-order valence-corrected chi connectivity index (χ2v) is 8.37. The number of nitrogens with two attached hydrogens (primary N) is 1. The molecule has 1 amide bonds.